The molecule has 33 heavy (non-hydrogen) atoms. The number of anilines is 1. The van der Waals surface area contributed by atoms with Crippen LogP contribution in [0.1, 0.15) is 51.1 Å². The van der Waals surface area contributed by atoms with E-state index in [1.807, 2.05) is 6.92 Å². The predicted molar refractivity (Wildman–Crippen MR) is 132 cm³/mol. The highest BCUT2D eigenvalue weighted by atomic mass is 32.2. The molecule has 2 saturated heterocycles. The third-order valence-electron chi connectivity index (χ3n) is 7.04. The van der Waals surface area contributed by atoms with Crippen LogP contribution in [0.4, 0.5) is 5.69 Å². The highest BCUT2D eigenvalue weighted by molar-refractivity contribution is 7.89. The number of carbonyl (C=O) groups is 1. The van der Waals surface area contributed by atoms with Crippen LogP contribution in [0.15, 0.2) is 59.5 Å². The summed E-state index contributed by atoms with van der Waals surface area (Å²) in [5.41, 5.74) is 2.29. The molecule has 0 bridgehead atoms. The lowest BCUT2D eigenvalue weighted by molar-refractivity contribution is -0.126. The van der Waals surface area contributed by atoms with E-state index in [-0.39, 0.29) is 29.3 Å². The molecule has 178 valence electrons. The molecule has 0 aromatic heterocycles. The molecule has 0 aliphatic carbocycles. The molecule has 1 amide bonds. The minimum Gasteiger partial charge on any atom is -0.372 e. The zero-order chi connectivity index (χ0) is 23.4. The van der Waals surface area contributed by atoms with Gasteiger partial charge in [-0.25, -0.2) is 8.42 Å². The van der Waals surface area contributed by atoms with E-state index in [9.17, 15) is 13.2 Å². The average molecular weight is 470 g/mol. The van der Waals surface area contributed by atoms with Crippen molar-refractivity contribution >= 4 is 21.6 Å². The van der Waals surface area contributed by atoms with Crippen molar-refractivity contribution in [3.05, 3.63) is 60.2 Å². The first kappa shape index (κ1) is 23.8. The number of rotatable bonds is 6. The van der Waals surface area contributed by atoms with E-state index in [0.29, 0.717) is 19.4 Å². The van der Waals surface area contributed by atoms with Crippen LogP contribution in [-0.2, 0) is 14.8 Å². The van der Waals surface area contributed by atoms with Gasteiger partial charge >= 0.3 is 0 Å². The average Bonchev–Trinajstić information content (AvgIpc) is 2.85. The topological polar surface area (TPSA) is 69.7 Å². The van der Waals surface area contributed by atoms with E-state index in [2.05, 4.69) is 41.4 Å². The fourth-order valence-electron chi connectivity index (χ4n) is 4.77. The molecule has 0 unspecified atom stereocenters. The SMILES string of the molecule is CC1CCN(c2ccc([C@H](C)NC(=O)[C@H]3CCCN(S(=O)(=O)c4ccccc4)C3)cc2)CC1. The summed E-state index contributed by atoms with van der Waals surface area (Å²) in [7, 11) is -3.58. The van der Waals surface area contributed by atoms with Crippen LogP contribution < -0.4 is 10.2 Å². The molecule has 1 N–H and O–H groups in total. The first-order chi connectivity index (χ1) is 15.8. The van der Waals surface area contributed by atoms with Crippen molar-refractivity contribution in [2.24, 2.45) is 11.8 Å². The number of hydrogen-bond donors (Lipinski definition) is 1. The standard InChI is InChI=1S/C26H35N3O3S/c1-20-14-17-28(18-15-20)24-12-10-22(11-13-24)21(2)27-26(30)23-7-6-16-29(19-23)33(31,32)25-8-4-3-5-9-25/h3-5,8-13,20-21,23H,6-7,14-19H2,1-2H3,(H,27,30)/t21-,23-/m0/s1. The Kier molecular flexibility index (Phi) is 7.39. The molecule has 0 saturated carbocycles. The molecule has 4 rings (SSSR count). The van der Waals surface area contributed by atoms with Crippen LogP contribution in [0.25, 0.3) is 0 Å². The number of carbonyl (C=O) groups excluding carboxylic acids is 1. The Labute approximate surface area is 198 Å². The summed E-state index contributed by atoms with van der Waals surface area (Å²) in [5.74, 6) is 0.382. The number of hydrogen-bond acceptors (Lipinski definition) is 4. The van der Waals surface area contributed by atoms with Gasteiger partial charge in [0.15, 0.2) is 0 Å². The van der Waals surface area contributed by atoms with Crippen molar-refractivity contribution in [2.45, 2.75) is 50.5 Å². The predicted octanol–water partition coefficient (Wildman–Crippen LogP) is 4.20. The van der Waals surface area contributed by atoms with Gasteiger partial charge in [0.2, 0.25) is 15.9 Å². The van der Waals surface area contributed by atoms with Gasteiger partial charge in [-0.1, -0.05) is 37.3 Å². The minimum absolute atomic E-state index is 0.0791. The second-order valence-electron chi connectivity index (χ2n) is 9.51. The summed E-state index contributed by atoms with van der Waals surface area (Å²) in [5, 5.41) is 3.11. The number of piperidine rings is 2. The van der Waals surface area contributed by atoms with Gasteiger partial charge in [-0.2, -0.15) is 4.31 Å². The van der Waals surface area contributed by atoms with Gasteiger partial charge in [-0.05, 0) is 68.4 Å². The summed E-state index contributed by atoms with van der Waals surface area (Å²) in [4.78, 5) is 15.7. The molecule has 2 aromatic carbocycles. The third kappa shape index (κ3) is 5.58. The molecule has 2 aliphatic rings. The van der Waals surface area contributed by atoms with E-state index >= 15 is 0 Å². The second kappa shape index (κ2) is 10.3. The first-order valence-corrected chi connectivity index (χ1v) is 13.5. The Morgan fingerprint density at radius 1 is 0.970 bits per heavy atom. The number of nitrogens with zero attached hydrogens (tertiary/aromatic N) is 2. The zero-order valence-electron chi connectivity index (χ0n) is 19.6. The van der Waals surface area contributed by atoms with Crippen LogP contribution in [0.3, 0.4) is 0 Å². The fourth-order valence-corrected chi connectivity index (χ4v) is 6.32. The van der Waals surface area contributed by atoms with E-state index in [4.69, 9.17) is 0 Å². The van der Waals surface area contributed by atoms with Crippen molar-refractivity contribution in [1.29, 1.82) is 0 Å². The number of benzene rings is 2. The summed E-state index contributed by atoms with van der Waals surface area (Å²) in [6, 6.07) is 16.8. The maximum Gasteiger partial charge on any atom is 0.243 e. The van der Waals surface area contributed by atoms with Crippen molar-refractivity contribution < 1.29 is 13.2 Å². The van der Waals surface area contributed by atoms with Crippen molar-refractivity contribution in [3.63, 3.8) is 0 Å². The third-order valence-corrected chi connectivity index (χ3v) is 8.92. The van der Waals surface area contributed by atoms with E-state index < -0.39 is 10.0 Å². The molecular weight excluding hydrogens is 434 g/mol. The molecule has 6 nitrogen and oxygen atoms in total. The molecule has 2 fully saturated rings. The molecule has 0 radical (unpaired) electrons. The van der Waals surface area contributed by atoms with Crippen molar-refractivity contribution in [3.8, 4) is 0 Å². The fraction of sp³-hybridized carbons (Fsp3) is 0.500. The number of sulfonamides is 1. The lowest BCUT2D eigenvalue weighted by atomic mass is 9.97. The second-order valence-corrected chi connectivity index (χ2v) is 11.4. The number of nitrogens with one attached hydrogen (secondary N) is 1. The summed E-state index contributed by atoms with van der Waals surface area (Å²) in [6.45, 7) is 7.16. The van der Waals surface area contributed by atoms with Crippen LogP contribution >= 0.6 is 0 Å². The molecule has 2 atom stereocenters. The van der Waals surface area contributed by atoms with Crippen LogP contribution in [0, 0.1) is 11.8 Å². The molecule has 2 heterocycles. The highest BCUT2D eigenvalue weighted by Crippen LogP contribution is 2.26. The maximum absolute atomic E-state index is 13.0. The van der Waals surface area contributed by atoms with Gasteiger partial charge in [-0.3, -0.25) is 4.79 Å². The lowest BCUT2D eigenvalue weighted by Crippen LogP contribution is -2.45. The number of amides is 1. The molecule has 0 spiro atoms. The zero-order valence-corrected chi connectivity index (χ0v) is 20.4. The minimum atomic E-state index is -3.58. The first-order valence-electron chi connectivity index (χ1n) is 12.0. The van der Waals surface area contributed by atoms with Gasteiger partial charge in [-0.15, -0.1) is 0 Å². The van der Waals surface area contributed by atoms with Gasteiger partial charge in [0.25, 0.3) is 0 Å². The normalized spacial score (nSPS) is 21.5. The van der Waals surface area contributed by atoms with Gasteiger partial charge in [0.05, 0.1) is 16.9 Å². The quantitative estimate of drug-likeness (QED) is 0.688. The summed E-state index contributed by atoms with van der Waals surface area (Å²) in [6.07, 6.45) is 3.84. The lowest BCUT2D eigenvalue weighted by Gasteiger charge is -2.32. The molecular formula is C26H35N3O3S. The van der Waals surface area contributed by atoms with E-state index in [0.717, 1.165) is 24.6 Å². The Morgan fingerprint density at radius 2 is 1.64 bits per heavy atom. The van der Waals surface area contributed by atoms with Gasteiger partial charge in [0.1, 0.15) is 0 Å². The van der Waals surface area contributed by atoms with Crippen LogP contribution in [0.5, 0.6) is 0 Å². The molecule has 2 aliphatic heterocycles. The van der Waals surface area contributed by atoms with Gasteiger partial charge in [0, 0.05) is 31.9 Å². The Morgan fingerprint density at radius 3 is 2.30 bits per heavy atom. The maximum atomic E-state index is 13.0. The summed E-state index contributed by atoms with van der Waals surface area (Å²) < 4.78 is 27.4. The molecule has 7 heteroatoms. The van der Waals surface area contributed by atoms with E-state index in [1.54, 1.807) is 30.3 Å². The molecule has 2 aromatic rings. The smallest absolute Gasteiger partial charge is 0.243 e. The Bertz CT molecular complexity index is 1030. The van der Waals surface area contributed by atoms with Gasteiger partial charge < -0.3 is 10.2 Å². The Balaban J connectivity index is 1.35. The van der Waals surface area contributed by atoms with Crippen molar-refractivity contribution in [1.82, 2.24) is 9.62 Å². The highest BCUT2D eigenvalue weighted by Gasteiger charge is 2.33. The van der Waals surface area contributed by atoms with Crippen LogP contribution in [-0.4, -0.2) is 44.8 Å². The monoisotopic (exact) mass is 469 g/mol. The van der Waals surface area contributed by atoms with Crippen molar-refractivity contribution in [2.75, 3.05) is 31.1 Å². The van der Waals surface area contributed by atoms with Crippen LogP contribution in [0.2, 0.25) is 0 Å². The summed E-state index contributed by atoms with van der Waals surface area (Å²) >= 11 is 0. The largest absolute Gasteiger partial charge is 0.372 e. The Hall–Kier alpha value is -2.38. The van der Waals surface area contributed by atoms with E-state index in [1.165, 1.54) is 22.8 Å².